The molecular formula is C21H16ClF4N3O2. The second-order valence-corrected chi connectivity index (χ2v) is 8.68. The third-order valence-electron chi connectivity index (χ3n) is 6.33. The minimum absolute atomic E-state index is 0.0163. The highest BCUT2D eigenvalue weighted by Crippen LogP contribution is 2.60. The summed E-state index contributed by atoms with van der Waals surface area (Å²) < 4.78 is 52.2. The third kappa shape index (κ3) is 3.36. The lowest BCUT2D eigenvalue weighted by molar-refractivity contribution is -0.140. The molecule has 1 aromatic heterocycles. The Labute approximate surface area is 178 Å². The molecule has 10 heteroatoms. The predicted molar refractivity (Wildman–Crippen MR) is 104 cm³/mol. The van der Waals surface area contributed by atoms with Gasteiger partial charge < -0.3 is 10.4 Å². The highest BCUT2D eigenvalue weighted by molar-refractivity contribution is 6.31. The topological polar surface area (TPSA) is 78.0 Å². The fourth-order valence-electron chi connectivity index (χ4n) is 4.82. The number of benzene rings is 2. The fraction of sp³-hybridized carbons (Fsp3) is 0.333. The molecule has 3 N–H and O–H groups in total. The van der Waals surface area contributed by atoms with Crippen LogP contribution in [0.5, 0.6) is 0 Å². The SMILES string of the molecule is O=C(NC1[C@H]2CC(O)(c3cc(Cl)cc4[nH]ncc34)C[C@@H]12)c1ccc(F)c(C(F)(F)F)c1. The number of hydrogen-bond donors (Lipinski definition) is 3. The Morgan fingerprint density at radius 2 is 1.94 bits per heavy atom. The van der Waals surface area contributed by atoms with E-state index in [-0.39, 0.29) is 23.4 Å². The molecule has 0 saturated heterocycles. The summed E-state index contributed by atoms with van der Waals surface area (Å²) in [6.45, 7) is 0. The van der Waals surface area contributed by atoms with Crippen molar-refractivity contribution in [2.45, 2.75) is 30.7 Å². The monoisotopic (exact) mass is 453 g/mol. The van der Waals surface area contributed by atoms with E-state index in [4.69, 9.17) is 11.6 Å². The van der Waals surface area contributed by atoms with Gasteiger partial charge in [0.1, 0.15) is 5.82 Å². The summed E-state index contributed by atoms with van der Waals surface area (Å²) in [7, 11) is 0. The maximum atomic E-state index is 13.5. The van der Waals surface area contributed by atoms with Gasteiger partial charge in [-0.2, -0.15) is 18.3 Å². The van der Waals surface area contributed by atoms with Crippen molar-refractivity contribution in [2.24, 2.45) is 11.8 Å². The average molecular weight is 454 g/mol. The van der Waals surface area contributed by atoms with Crippen molar-refractivity contribution in [3.05, 3.63) is 64.1 Å². The molecule has 1 amide bonds. The Hall–Kier alpha value is -2.65. The number of nitrogens with one attached hydrogen (secondary N) is 2. The number of aromatic amines is 1. The van der Waals surface area contributed by atoms with Gasteiger partial charge in [-0.3, -0.25) is 9.89 Å². The number of amides is 1. The minimum atomic E-state index is -4.89. The number of H-pyrrole nitrogens is 1. The molecule has 0 radical (unpaired) electrons. The van der Waals surface area contributed by atoms with Crippen molar-refractivity contribution >= 4 is 28.4 Å². The summed E-state index contributed by atoms with van der Waals surface area (Å²) in [6, 6.07) is 5.34. The van der Waals surface area contributed by atoms with E-state index in [1.165, 1.54) is 0 Å². The van der Waals surface area contributed by atoms with Gasteiger partial charge in [-0.15, -0.1) is 0 Å². The predicted octanol–water partition coefficient (Wildman–Crippen LogP) is 4.40. The third-order valence-corrected chi connectivity index (χ3v) is 6.55. The molecule has 2 aliphatic carbocycles. The number of nitrogens with zero attached hydrogens (tertiary/aromatic N) is 1. The summed E-state index contributed by atoms with van der Waals surface area (Å²) >= 11 is 6.17. The van der Waals surface area contributed by atoms with Crippen LogP contribution in [-0.2, 0) is 11.8 Å². The van der Waals surface area contributed by atoms with Crippen LogP contribution in [0.3, 0.4) is 0 Å². The van der Waals surface area contributed by atoms with Crippen molar-refractivity contribution in [3.63, 3.8) is 0 Å². The van der Waals surface area contributed by atoms with E-state index in [9.17, 15) is 27.5 Å². The smallest absolute Gasteiger partial charge is 0.385 e. The standard InChI is InChI=1S/C21H16ClF4N3O2/c22-10-4-14(13-8-27-29-17(13)5-10)20(31)6-11-12(7-20)18(11)28-19(30)9-1-2-16(23)15(3-9)21(24,25)26/h1-5,8,11-12,18,31H,6-7H2,(H,27,29)(H,28,30)/t11-,12+,18?,20?. The van der Waals surface area contributed by atoms with Crippen LogP contribution >= 0.6 is 11.6 Å². The van der Waals surface area contributed by atoms with Crippen LogP contribution < -0.4 is 5.32 Å². The lowest BCUT2D eigenvalue weighted by Crippen LogP contribution is -2.33. The number of hydrogen-bond acceptors (Lipinski definition) is 3. The van der Waals surface area contributed by atoms with Crippen molar-refractivity contribution in [1.29, 1.82) is 0 Å². The van der Waals surface area contributed by atoms with E-state index in [2.05, 4.69) is 15.5 Å². The second-order valence-electron chi connectivity index (χ2n) is 8.24. The quantitative estimate of drug-likeness (QED) is 0.514. The molecule has 3 aromatic rings. The maximum absolute atomic E-state index is 13.5. The average Bonchev–Trinajstić information content (AvgIpc) is 3.05. The van der Waals surface area contributed by atoms with E-state index in [1.54, 1.807) is 18.3 Å². The normalized spacial score (nSPS) is 27.4. The van der Waals surface area contributed by atoms with Crippen molar-refractivity contribution < 1.29 is 27.5 Å². The van der Waals surface area contributed by atoms with Gasteiger partial charge in [-0.05, 0) is 60.6 Å². The van der Waals surface area contributed by atoms with Gasteiger partial charge in [-0.1, -0.05) is 11.6 Å². The highest BCUT2D eigenvalue weighted by Gasteiger charge is 2.62. The number of alkyl halides is 3. The van der Waals surface area contributed by atoms with Gasteiger partial charge in [0, 0.05) is 22.0 Å². The Balaban J connectivity index is 1.31. The van der Waals surface area contributed by atoms with Crippen molar-refractivity contribution in [2.75, 3.05) is 0 Å². The van der Waals surface area contributed by atoms with Crippen molar-refractivity contribution in [3.8, 4) is 0 Å². The van der Waals surface area contributed by atoms with Gasteiger partial charge in [0.05, 0.1) is 22.9 Å². The molecule has 31 heavy (non-hydrogen) atoms. The molecule has 5 rings (SSSR count). The molecule has 2 unspecified atom stereocenters. The molecule has 2 aliphatic rings. The zero-order valence-corrected chi connectivity index (χ0v) is 16.6. The molecular weight excluding hydrogens is 438 g/mol. The zero-order chi connectivity index (χ0) is 22.1. The lowest BCUT2D eigenvalue weighted by atomic mass is 9.86. The highest BCUT2D eigenvalue weighted by atomic mass is 35.5. The first-order valence-electron chi connectivity index (χ1n) is 9.60. The van der Waals surface area contributed by atoms with Crippen molar-refractivity contribution in [1.82, 2.24) is 15.5 Å². The fourth-order valence-corrected chi connectivity index (χ4v) is 5.04. The van der Waals surface area contributed by atoms with E-state index in [0.29, 0.717) is 41.1 Å². The molecule has 2 aromatic carbocycles. The summed E-state index contributed by atoms with van der Waals surface area (Å²) in [5.41, 5.74) is -1.50. The summed E-state index contributed by atoms with van der Waals surface area (Å²) in [5.74, 6) is -2.16. The molecule has 1 heterocycles. The van der Waals surface area contributed by atoms with Gasteiger partial charge in [-0.25, -0.2) is 4.39 Å². The number of halogens is 5. The molecule has 2 fully saturated rings. The summed E-state index contributed by atoms with van der Waals surface area (Å²) in [4.78, 5) is 12.4. The van der Waals surface area contributed by atoms with Crippen LogP contribution in [0.15, 0.2) is 36.5 Å². The molecule has 162 valence electrons. The molecule has 2 saturated carbocycles. The van der Waals surface area contributed by atoms with Crippen LogP contribution in [0.4, 0.5) is 17.6 Å². The number of fused-ring (bicyclic) bond motifs is 2. The number of aromatic nitrogens is 2. The molecule has 0 bridgehead atoms. The first-order chi connectivity index (χ1) is 14.6. The Morgan fingerprint density at radius 3 is 2.61 bits per heavy atom. The first kappa shape index (κ1) is 20.3. The van der Waals surface area contributed by atoms with Gasteiger partial charge in [0.25, 0.3) is 5.91 Å². The second kappa shape index (κ2) is 6.67. The van der Waals surface area contributed by atoms with E-state index < -0.39 is 29.1 Å². The molecule has 5 nitrogen and oxygen atoms in total. The number of rotatable bonds is 3. The van der Waals surface area contributed by atoms with Crippen LogP contribution in [-0.4, -0.2) is 27.3 Å². The number of carbonyl (C=O) groups excluding carboxylic acids is 1. The van der Waals surface area contributed by atoms with E-state index in [1.807, 2.05) is 0 Å². The number of aliphatic hydroxyl groups is 1. The Morgan fingerprint density at radius 1 is 1.23 bits per heavy atom. The zero-order valence-electron chi connectivity index (χ0n) is 15.8. The van der Waals surface area contributed by atoms with Gasteiger partial charge in [0.2, 0.25) is 0 Å². The minimum Gasteiger partial charge on any atom is -0.385 e. The molecule has 0 spiro atoms. The van der Waals surface area contributed by atoms with Gasteiger partial charge in [0.15, 0.2) is 0 Å². The van der Waals surface area contributed by atoms with E-state index >= 15 is 0 Å². The lowest BCUT2D eigenvalue weighted by Gasteiger charge is -2.27. The van der Waals surface area contributed by atoms with Crippen LogP contribution in [0.2, 0.25) is 5.02 Å². The molecule has 0 aliphatic heterocycles. The largest absolute Gasteiger partial charge is 0.419 e. The Kier molecular flexibility index (Phi) is 4.36. The molecule has 4 atom stereocenters. The maximum Gasteiger partial charge on any atom is 0.419 e. The number of carbonyl (C=O) groups is 1. The summed E-state index contributed by atoms with van der Waals surface area (Å²) in [6.07, 6.45) is -2.52. The van der Waals surface area contributed by atoms with Gasteiger partial charge >= 0.3 is 6.18 Å². The van der Waals surface area contributed by atoms with Crippen LogP contribution in [0, 0.1) is 17.7 Å². The van der Waals surface area contributed by atoms with Crippen LogP contribution in [0.25, 0.3) is 10.9 Å². The Bertz CT molecular complexity index is 1200. The first-order valence-corrected chi connectivity index (χ1v) is 9.98. The summed E-state index contributed by atoms with van der Waals surface area (Å²) in [5, 5.41) is 22.0. The van der Waals surface area contributed by atoms with Crippen LogP contribution in [0.1, 0.15) is 34.3 Å². The van der Waals surface area contributed by atoms with E-state index in [0.717, 1.165) is 11.5 Å².